The number of hydrogen-bond donors (Lipinski definition) is 0. The zero-order valence-electron chi connectivity index (χ0n) is 12.0. The molecule has 0 aliphatic heterocycles. The monoisotopic (exact) mass is 251 g/mol. The molecule has 0 N–H and O–H groups in total. The average molecular weight is 251 g/mol. The number of nitrogens with zero attached hydrogens (tertiary/aromatic N) is 1. The first-order valence-corrected chi connectivity index (χ1v) is 6.95. The molecule has 0 spiro atoms. The highest BCUT2D eigenvalue weighted by Gasteiger charge is 2.19. The maximum Gasteiger partial charge on any atom is 0.229 e. The number of rotatable bonds is 7. The van der Waals surface area contributed by atoms with E-state index in [4.69, 9.17) is 4.42 Å². The van der Waals surface area contributed by atoms with Crippen molar-refractivity contribution in [3.8, 4) is 0 Å². The van der Waals surface area contributed by atoms with E-state index in [0.29, 0.717) is 18.2 Å². The summed E-state index contributed by atoms with van der Waals surface area (Å²) in [5.41, 5.74) is 0. The summed E-state index contributed by atoms with van der Waals surface area (Å²) in [4.78, 5) is 14.1. The van der Waals surface area contributed by atoms with Crippen LogP contribution in [0.25, 0.3) is 0 Å². The lowest BCUT2D eigenvalue weighted by atomic mass is 10.0. The summed E-state index contributed by atoms with van der Waals surface area (Å²) in [6.07, 6.45) is 3.71. The van der Waals surface area contributed by atoms with Crippen LogP contribution in [0, 0.1) is 12.8 Å². The van der Waals surface area contributed by atoms with Crippen LogP contribution >= 0.6 is 0 Å². The molecule has 0 radical (unpaired) electrons. The molecular formula is C15H25NO2. The molecule has 1 unspecified atom stereocenters. The van der Waals surface area contributed by atoms with E-state index in [9.17, 15) is 4.79 Å². The molecule has 0 aromatic carbocycles. The van der Waals surface area contributed by atoms with Crippen molar-refractivity contribution in [1.82, 2.24) is 0 Å². The summed E-state index contributed by atoms with van der Waals surface area (Å²) in [6.45, 7) is 9.01. The van der Waals surface area contributed by atoms with E-state index in [1.165, 1.54) is 0 Å². The van der Waals surface area contributed by atoms with E-state index in [1.807, 2.05) is 19.1 Å². The van der Waals surface area contributed by atoms with Gasteiger partial charge in [0.2, 0.25) is 11.8 Å². The van der Waals surface area contributed by atoms with Crippen LogP contribution in [-0.4, -0.2) is 12.5 Å². The Morgan fingerprint density at radius 3 is 2.61 bits per heavy atom. The minimum Gasteiger partial charge on any atom is -0.445 e. The zero-order valence-corrected chi connectivity index (χ0v) is 12.0. The third kappa shape index (κ3) is 4.21. The van der Waals surface area contributed by atoms with Crippen LogP contribution in [0.5, 0.6) is 0 Å². The fraction of sp³-hybridized carbons (Fsp3) is 0.667. The normalized spacial score (nSPS) is 12.4. The highest BCUT2D eigenvalue weighted by molar-refractivity contribution is 5.92. The van der Waals surface area contributed by atoms with Gasteiger partial charge in [-0.05, 0) is 25.3 Å². The summed E-state index contributed by atoms with van der Waals surface area (Å²) in [7, 11) is 0. The Hall–Kier alpha value is -1.25. The molecule has 3 nitrogen and oxygen atoms in total. The number of anilines is 1. The van der Waals surface area contributed by atoms with Crippen molar-refractivity contribution in [3.63, 3.8) is 0 Å². The van der Waals surface area contributed by atoms with E-state index in [-0.39, 0.29) is 5.91 Å². The summed E-state index contributed by atoms with van der Waals surface area (Å²) in [6, 6.07) is 3.80. The lowest BCUT2D eigenvalue weighted by Gasteiger charge is -2.21. The summed E-state index contributed by atoms with van der Waals surface area (Å²) < 4.78 is 5.58. The maximum atomic E-state index is 12.3. The van der Waals surface area contributed by atoms with E-state index in [1.54, 1.807) is 4.90 Å². The van der Waals surface area contributed by atoms with Gasteiger partial charge in [0.15, 0.2) is 0 Å². The number of carbonyl (C=O) groups excluding carboxylic acids is 1. The molecule has 1 amide bonds. The molecule has 0 aliphatic carbocycles. The number of furan rings is 1. The second-order valence-electron chi connectivity index (χ2n) is 5.00. The first-order valence-electron chi connectivity index (χ1n) is 6.95. The van der Waals surface area contributed by atoms with Gasteiger partial charge in [0.25, 0.3) is 0 Å². The first kappa shape index (κ1) is 14.8. The molecule has 0 bridgehead atoms. The van der Waals surface area contributed by atoms with Crippen LogP contribution in [0.3, 0.4) is 0 Å². The van der Waals surface area contributed by atoms with Gasteiger partial charge in [0.05, 0.1) is 0 Å². The number of aryl methyl sites for hydroxylation is 1. The molecular weight excluding hydrogens is 226 g/mol. The van der Waals surface area contributed by atoms with Crippen molar-refractivity contribution in [2.75, 3.05) is 11.4 Å². The summed E-state index contributed by atoms with van der Waals surface area (Å²) in [5, 5.41) is 0. The standard InChI is InChI=1S/C15H25NO2/c1-5-7-10-16(14(17)11-12(3)6-2)15-9-8-13(4)18-15/h8-9,12H,5-7,10-11H2,1-4H3. The highest BCUT2D eigenvalue weighted by Crippen LogP contribution is 2.21. The topological polar surface area (TPSA) is 33.5 Å². The van der Waals surface area contributed by atoms with Crippen molar-refractivity contribution in [3.05, 3.63) is 17.9 Å². The number of unbranched alkanes of at least 4 members (excludes halogenated alkanes) is 1. The molecule has 1 atom stereocenters. The largest absolute Gasteiger partial charge is 0.445 e. The first-order chi connectivity index (χ1) is 8.58. The van der Waals surface area contributed by atoms with Gasteiger partial charge < -0.3 is 4.42 Å². The highest BCUT2D eigenvalue weighted by atomic mass is 16.4. The second-order valence-corrected chi connectivity index (χ2v) is 5.00. The fourth-order valence-electron chi connectivity index (χ4n) is 1.79. The molecule has 102 valence electrons. The predicted molar refractivity (Wildman–Crippen MR) is 74.8 cm³/mol. The zero-order chi connectivity index (χ0) is 13.5. The molecule has 0 saturated carbocycles. The minimum atomic E-state index is 0.173. The van der Waals surface area contributed by atoms with Gasteiger partial charge in [-0.3, -0.25) is 9.69 Å². The molecule has 1 rings (SSSR count). The van der Waals surface area contributed by atoms with E-state index in [0.717, 1.165) is 31.6 Å². The van der Waals surface area contributed by atoms with Gasteiger partial charge in [-0.25, -0.2) is 0 Å². The van der Waals surface area contributed by atoms with Gasteiger partial charge in [-0.2, -0.15) is 0 Å². The predicted octanol–water partition coefficient (Wildman–Crippen LogP) is 4.16. The van der Waals surface area contributed by atoms with Crippen LogP contribution in [0.15, 0.2) is 16.5 Å². The lowest BCUT2D eigenvalue weighted by molar-refractivity contribution is -0.119. The third-order valence-corrected chi connectivity index (χ3v) is 3.25. The fourth-order valence-corrected chi connectivity index (χ4v) is 1.79. The summed E-state index contributed by atoms with van der Waals surface area (Å²) >= 11 is 0. The summed E-state index contributed by atoms with van der Waals surface area (Å²) in [5.74, 6) is 2.14. The van der Waals surface area contributed by atoms with E-state index >= 15 is 0 Å². The quantitative estimate of drug-likeness (QED) is 0.729. The molecule has 3 heteroatoms. The maximum absolute atomic E-state index is 12.3. The van der Waals surface area contributed by atoms with Gasteiger partial charge in [0, 0.05) is 19.0 Å². The minimum absolute atomic E-state index is 0.173. The molecule has 0 aliphatic rings. The Morgan fingerprint density at radius 2 is 2.11 bits per heavy atom. The van der Waals surface area contributed by atoms with Crippen molar-refractivity contribution in [1.29, 1.82) is 0 Å². The molecule has 0 saturated heterocycles. The third-order valence-electron chi connectivity index (χ3n) is 3.25. The molecule has 0 fully saturated rings. The second kappa shape index (κ2) is 7.24. The van der Waals surface area contributed by atoms with Crippen molar-refractivity contribution in [2.24, 2.45) is 5.92 Å². The van der Waals surface area contributed by atoms with E-state index < -0.39 is 0 Å². The van der Waals surface area contributed by atoms with Crippen LogP contribution in [-0.2, 0) is 4.79 Å². The van der Waals surface area contributed by atoms with E-state index in [2.05, 4.69) is 20.8 Å². The Labute approximate surface area is 110 Å². The van der Waals surface area contributed by atoms with Crippen LogP contribution < -0.4 is 4.90 Å². The van der Waals surface area contributed by atoms with Crippen LogP contribution in [0.4, 0.5) is 5.88 Å². The molecule has 1 aromatic heterocycles. The molecule has 1 aromatic rings. The lowest BCUT2D eigenvalue weighted by Crippen LogP contribution is -2.32. The average Bonchev–Trinajstić information content (AvgIpc) is 2.76. The Balaban J connectivity index is 2.74. The van der Waals surface area contributed by atoms with Gasteiger partial charge in [-0.1, -0.05) is 33.6 Å². The Kier molecular flexibility index (Phi) is 5.96. The molecule has 1 heterocycles. The number of hydrogen-bond acceptors (Lipinski definition) is 2. The van der Waals surface area contributed by atoms with Crippen molar-refractivity contribution < 1.29 is 9.21 Å². The van der Waals surface area contributed by atoms with Crippen LogP contribution in [0.1, 0.15) is 52.2 Å². The number of amides is 1. The Morgan fingerprint density at radius 1 is 1.39 bits per heavy atom. The van der Waals surface area contributed by atoms with Gasteiger partial charge in [0.1, 0.15) is 5.76 Å². The molecule has 18 heavy (non-hydrogen) atoms. The van der Waals surface area contributed by atoms with Crippen molar-refractivity contribution in [2.45, 2.75) is 53.4 Å². The van der Waals surface area contributed by atoms with Crippen LogP contribution in [0.2, 0.25) is 0 Å². The van der Waals surface area contributed by atoms with Gasteiger partial charge >= 0.3 is 0 Å². The number of carbonyl (C=O) groups is 1. The Bertz CT molecular complexity index is 370. The van der Waals surface area contributed by atoms with Crippen molar-refractivity contribution >= 4 is 11.8 Å². The SMILES string of the molecule is CCCCN(C(=O)CC(C)CC)c1ccc(C)o1. The van der Waals surface area contributed by atoms with Gasteiger partial charge in [-0.15, -0.1) is 0 Å². The smallest absolute Gasteiger partial charge is 0.229 e.